The van der Waals surface area contributed by atoms with Crippen molar-refractivity contribution in [2.24, 2.45) is 0 Å². The topological polar surface area (TPSA) is 152 Å². The number of hydrogen-bond donors (Lipinski definition) is 3. The van der Waals surface area contributed by atoms with Crippen LogP contribution in [0.5, 0.6) is 5.75 Å². The molecule has 3 aromatic rings. The number of hydrogen-bond acceptors (Lipinski definition) is 11. The van der Waals surface area contributed by atoms with E-state index in [4.69, 9.17) is 9.72 Å². The summed E-state index contributed by atoms with van der Waals surface area (Å²) in [6, 6.07) is 14.4. The SMILES string of the molecule is CC[C@@H]1C(=O)N(C)c2cnc(Nc3ccc(C(=O)NC4CCC(N5CCN(CCc6ccc(C7CCC(=O)NC7=O)cc6)CC5)CC4)cc3OC)nc2N1C1CCCC1. The fourth-order valence-electron chi connectivity index (χ4n) is 9.92. The number of fused-ring (bicyclic) bond motifs is 1. The molecule has 2 aromatic carbocycles. The smallest absolute Gasteiger partial charge is 0.251 e. The molecular formula is C45H59N9O5. The van der Waals surface area contributed by atoms with Crippen LogP contribution in [0, 0.1) is 0 Å². The summed E-state index contributed by atoms with van der Waals surface area (Å²) in [6.07, 6.45) is 12.8. The van der Waals surface area contributed by atoms with E-state index in [0.29, 0.717) is 53.9 Å². The van der Waals surface area contributed by atoms with E-state index in [1.165, 1.54) is 5.56 Å². The molecule has 314 valence electrons. The lowest BCUT2D eigenvalue weighted by molar-refractivity contribution is -0.134. The molecule has 2 saturated carbocycles. The molecule has 1 aromatic heterocycles. The van der Waals surface area contributed by atoms with Crippen LogP contribution in [0.1, 0.15) is 105 Å². The first kappa shape index (κ1) is 40.7. The van der Waals surface area contributed by atoms with Crippen LogP contribution in [0.2, 0.25) is 0 Å². The van der Waals surface area contributed by atoms with Gasteiger partial charge in [0.05, 0.1) is 24.9 Å². The van der Waals surface area contributed by atoms with Crippen molar-refractivity contribution >= 4 is 46.8 Å². The number of likely N-dealkylation sites (N-methyl/N-ethyl adjacent to an activating group) is 1. The Balaban J connectivity index is 0.798. The van der Waals surface area contributed by atoms with Crippen molar-refractivity contribution in [1.29, 1.82) is 0 Å². The summed E-state index contributed by atoms with van der Waals surface area (Å²) in [4.78, 5) is 69.2. The maximum Gasteiger partial charge on any atom is 0.251 e. The van der Waals surface area contributed by atoms with Crippen molar-refractivity contribution in [2.75, 3.05) is 62.0 Å². The van der Waals surface area contributed by atoms with Crippen molar-refractivity contribution in [3.05, 3.63) is 65.4 Å². The molecule has 1 unspecified atom stereocenters. The number of nitrogens with one attached hydrogen (secondary N) is 3. The molecule has 5 aliphatic rings. The van der Waals surface area contributed by atoms with E-state index >= 15 is 0 Å². The van der Waals surface area contributed by atoms with Crippen molar-refractivity contribution < 1.29 is 23.9 Å². The number of anilines is 4. The molecule has 0 spiro atoms. The van der Waals surface area contributed by atoms with Gasteiger partial charge in [-0.2, -0.15) is 4.98 Å². The molecule has 4 heterocycles. The second kappa shape index (κ2) is 18.0. The van der Waals surface area contributed by atoms with E-state index in [9.17, 15) is 19.2 Å². The Labute approximate surface area is 347 Å². The van der Waals surface area contributed by atoms with Gasteiger partial charge in [0.1, 0.15) is 17.5 Å². The highest BCUT2D eigenvalue weighted by Crippen LogP contribution is 2.40. The van der Waals surface area contributed by atoms with Crippen LogP contribution in [0.4, 0.5) is 23.1 Å². The number of carbonyl (C=O) groups is 4. The van der Waals surface area contributed by atoms with Gasteiger partial charge >= 0.3 is 0 Å². The summed E-state index contributed by atoms with van der Waals surface area (Å²) in [5.74, 6) is 1.08. The van der Waals surface area contributed by atoms with Crippen molar-refractivity contribution in [2.45, 2.75) is 114 Å². The highest BCUT2D eigenvalue weighted by atomic mass is 16.5. The van der Waals surface area contributed by atoms with Gasteiger partial charge in [-0.05, 0) is 87.1 Å². The van der Waals surface area contributed by atoms with Gasteiger partial charge < -0.3 is 30.1 Å². The Kier molecular flexibility index (Phi) is 12.4. The molecule has 59 heavy (non-hydrogen) atoms. The van der Waals surface area contributed by atoms with Crippen molar-refractivity contribution in [3.63, 3.8) is 0 Å². The van der Waals surface area contributed by atoms with E-state index in [0.717, 1.165) is 102 Å². The lowest BCUT2D eigenvalue weighted by Crippen LogP contribution is -2.55. The summed E-state index contributed by atoms with van der Waals surface area (Å²) < 4.78 is 5.75. The zero-order valence-electron chi connectivity index (χ0n) is 34.8. The number of aromatic nitrogens is 2. The van der Waals surface area contributed by atoms with Crippen molar-refractivity contribution in [3.8, 4) is 5.75 Å². The van der Waals surface area contributed by atoms with Crippen LogP contribution in [-0.4, -0.2) is 114 Å². The molecule has 3 N–H and O–H groups in total. The number of rotatable bonds is 12. The minimum absolute atomic E-state index is 0.0805. The number of benzene rings is 2. The number of methoxy groups -OCH3 is 1. The van der Waals surface area contributed by atoms with Gasteiger partial charge in [0.2, 0.25) is 23.7 Å². The number of piperazine rings is 1. The van der Waals surface area contributed by atoms with Gasteiger partial charge in [-0.15, -0.1) is 0 Å². The third-order valence-corrected chi connectivity index (χ3v) is 13.4. The molecule has 3 aliphatic heterocycles. The lowest BCUT2D eigenvalue weighted by atomic mass is 9.89. The molecule has 14 nitrogen and oxygen atoms in total. The minimum atomic E-state index is -0.249. The largest absolute Gasteiger partial charge is 0.495 e. The third kappa shape index (κ3) is 8.94. The monoisotopic (exact) mass is 805 g/mol. The predicted octanol–water partition coefficient (Wildman–Crippen LogP) is 5.15. The van der Waals surface area contributed by atoms with Crippen LogP contribution in [-0.2, 0) is 20.8 Å². The first-order valence-electron chi connectivity index (χ1n) is 21.8. The summed E-state index contributed by atoms with van der Waals surface area (Å²) in [7, 11) is 3.39. The Bertz CT molecular complexity index is 2000. The minimum Gasteiger partial charge on any atom is -0.495 e. The molecule has 4 amide bonds. The quantitative estimate of drug-likeness (QED) is 0.209. The van der Waals surface area contributed by atoms with Crippen molar-refractivity contribution in [1.82, 2.24) is 30.4 Å². The van der Waals surface area contributed by atoms with E-state index in [1.54, 1.807) is 31.3 Å². The molecule has 4 fully saturated rings. The van der Waals surface area contributed by atoms with E-state index < -0.39 is 0 Å². The average Bonchev–Trinajstić information content (AvgIpc) is 3.80. The van der Waals surface area contributed by atoms with E-state index in [-0.39, 0.29) is 47.7 Å². The molecule has 0 radical (unpaired) electrons. The molecule has 0 bridgehead atoms. The standard InChI is InChI=1S/C45H59N9O5/c1-4-37-44(58)51(2)38-28-46-45(50-41(38)54(37)34-7-5-6-8-34)48-36-19-13-31(27-39(36)59-3)42(56)47-32-14-16-33(17-15-32)53-25-23-52(24-26-53)22-21-29-9-11-30(12-10-29)35-18-20-40(55)49-43(35)57/h9-13,19,27-28,32-35,37H,4-8,14-18,20-26H2,1-3H3,(H,47,56)(H,46,48,50)(H,49,55,57)/t32?,33?,35?,37-/m1/s1. The molecule has 14 heteroatoms. The Morgan fingerprint density at radius 2 is 1.66 bits per heavy atom. The van der Waals surface area contributed by atoms with Gasteiger partial charge in [0, 0.05) is 69.9 Å². The van der Waals surface area contributed by atoms with Gasteiger partial charge in [-0.25, -0.2) is 4.98 Å². The summed E-state index contributed by atoms with van der Waals surface area (Å²) in [5.41, 5.74) is 4.16. The summed E-state index contributed by atoms with van der Waals surface area (Å²) >= 11 is 0. The first-order chi connectivity index (χ1) is 28.7. The molecule has 2 aliphatic carbocycles. The third-order valence-electron chi connectivity index (χ3n) is 13.4. The van der Waals surface area contributed by atoms with Crippen LogP contribution in [0.25, 0.3) is 0 Å². The van der Waals surface area contributed by atoms with Crippen LogP contribution in [0.3, 0.4) is 0 Å². The van der Waals surface area contributed by atoms with Gasteiger partial charge in [0.15, 0.2) is 5.82 Å². The molecular weight excluding hydrogens is 747 g/mol. The van der Waals surface area contributed by atoms with E-state index in [2.05, 4.69) is 54.7 Å². The average molecular weight is 806 g/mol. The van der Waals surface area contributed by atoms with Gasteiger partial charge in [0.25, 0.3) is 5.91 Å². The van der Waals surface area contributed by atoms with Crippen LogP contribution < -0.4 is 30.5 Å². The fourth-order valence-corrected chi connectivity index (χ4v) is 9.92. The number of amides is 4. The summed E-state index contributed by atoms with van der Waals surface area (Å²) in [5, 5.41) is 9.07. The van der Waals surface area contributed by atoms with Crippen LogP contribution in [0.15, 0.2) is 48.7 Å². The maximum atomic E-state index is 13.5. The molecule has 2 atom stereocenters. The highest BCUT2D eigenvalue weighted by Gasteiger charge is 2.41. The highest BCUT2D eigenvalue weighted by molar-refractivity contribution is 6.04. The number of imide groups is 1. The van der Waals surface area contributed by atoms with Gasteiger partial charge in [-0.1, -0.05) is 44.0 Å². The molecule has 8 rings (SSSR count). The Morgan fingerprint density at radius 3 is 2.36 bits per heavy atom. The number of ether oxygens (including phenoxy) is 1. The first-order valence-corrected chi connectivity index (χ1v) is 21.8. The zero-order chi connectivity index (χ0) is 41.0. The Morgan fingerprint density at radius 1 is 0.915 bits per heavy atom. The number of piperidine rings is 1. The van der Waals surface area contributed by atoms with Crippen LogP contribution >= 0.6 is 0 Å². The predicted molar refractivity (Wildman–Crippen MR) is 227 cm³/mol. The lowest BCUT2D eigenvalue weighted by Gasteiger charge is -2.43. The summed E-state index contributed by atoms with van der Waals surface area (Å²) in [6.45, 7) is 7.28. The normalized spacial score (nSPS) is 24.5. The second-order valence-electron chi connectivity index (χ2n) is 17.0. The second-order valence-corrected chi connectivity index (χ2v) is 17.0. The van der Waals surface area contributed by atoms with Gasteiger partial charge in [-0.3, -0.25) is 29.4 Å². The Hall–Kier alpha value is -5.08. The number of carbonyl (C=O) groups excluding carboxylic acids is 4. The maximum absolute atomic E-state index is 13.5. The molecule has 2 saturated heterocycles. The zero-order valence-corrected chi connectivity index (χ0v) is 34.8. The van der Waals surface area contributed by atoms with E-state index in [1.807, 2.05) is 24.3 Å². The number of nitrogens with zero attached hydrogens (tertiary/aromatic N) is 6. The fraction of sp³-hybridized carbons (Fsp3) is 0.556.